The Morgan fingerprint density at radius 2 is 1.88 bits per heavy atom. The summed E-state index contributed by atoms with van der Waals surface area (Å²) >= 11 is 14.3. The van der Waals surface area contributed by atoms with E-state index >= 15 is 0 Å². The minimum atomic E-state index is -0.499. The van der Waals surface area contributed by atoms with Gasteiger partial charge in [0.2, 0.25) is 0 Å². The molecule has 0 aromatic heterocycles. The molecule has 0 radical (unpaired) electrons. The molecule has 4 nitrogen and oxygen atoms in total. The summed E-state index contributed by atoms with van der Waals surface area (Å²) in [5, 5.41) is 3.85. The molecule has 0 heterocycles. The fourth-order valence-corrected chi connectivity index (χ4v) is 2.41. The summed E-state index contributed by atoms with van der Waals surface area (Å²) in [7, 11) is 0. The van der Waals surface area contributed by atoms with E-state index in [0.29, 0.717) is 23.4 Å². The third-order valence-corrected chi connectivity index (χ3v) is 3.73. The summed E-state index contributed by atoms with van der Waals surface area (Å²) in [6.45, 7) is 4.88. The predicted molar refractivity (Wildman–Crippen MR) is 103 cm³/mol. The van der Waals surface area contributed by atoms with Crippen LogP contribution in [0.4, 0.5) is 4.39 Å². The number of hydrogen-bond acceptors (Lipinski definition) is 4. The van der Waals surface area contributed by atoms with Crippen molar-refractivity contribution in [2.75, 3.05) is 19.8 Å². The molecule has 0 aliphatic rings. The van der Waals surface area contributed by atoms with Crippen LogP contribution in [0.1, 0.15) is 33.1 Å². The SMILES string of the molecule is CC(C)=NOCCCCCOc1c(F)cc(OCC=C(Cl)Cl)cc1Br. The molecule has 0 aliphatic carbocycles. The number of benzene rings is 1. The van der Waals surface area contributed by atoms with E-state index in [1.165, 1.54) is 12.1 Å². The van der Waals surface area contributed by atoms with Gasteiger partial charge in [-0.2, -0.15) is 0 Å². The minimum absolute atomic E-state index is 0.0986. The summed E-state index contributed by atoms with van der Waals surface area (Å²) in [6, 6.07) is 2.89. The Morgan fingerprint density at radius 3 is 2.52 bits per heavy atom. The summed E-state index contributed by atoms with van der Waals surface area (Å²) in [5.74, 6) is 0.0219. The highest BCUT2D eigenvalue weighted by molar-refractivity contribution is 9.10. The van der Waals surface area contributed by atoms with Crippen LogP contribution >= 0.6 is 39.1 Å². The fourth-order valence-electron chi connectivity index (χ4n) is 1.75. The average Bonchev–Trinajstić information content (AvgIpc) is 2.51. The molecule has 0 aliphatic heterocycles. The first-order valence-electron chi connectivity index (χ1n) is 7.79. The first kappa shape index (κ1) is 22.1. The molecule has 140 valence electrons. The summed E-state index contributed by atoms with van der Waals surface area (Å²) in [6.07, 6.45) is 4.04. The summed E-state index contributed by atoms with van der Waals surface area (Å²) < 4.78 is 25.5. The van der Waals surface area contributed by atoms with Gasteiger partial charge in [0.1, 0.15) is 23.5 Å². The second-order valence-corrected chi connectivity index (χ2v) is 7.16. The Labute approximate surface area is 166 Å². The van der Waals surface area contributed by atoms with E-state index < -0.39 is 5.82 Å². The number of unbranched alkanes of at least 4 members (excludes halogenated alkanes) is 2. The summed E-state index contributed by atoms with van der Waals surface area (Å²) in [4.78, 5) is 5.10. The molecule has 0 bridgehead atoms. The molecule has 8 heteroatoms. The average molecular weight is 457 g/mol. The van der Waals surface area contributed by atoms with Crippen LogP contribution in [-0.4, -0.2) is 25.5 Å². The highest BCUT2D eigenvalue weighted by Gasteiger charge is 2.11. The minimum Gasteiger partial charge on any atom is -0.489 e. The van der Waals surface area contributed by atoms with Crippen molar-refractivity contribution in [2.24, 2.45) is 5.16 Å². The number of hydrogen-bond donors (Lipinski definition) is 0. The largest absolute Gasteiger partial charge is 0.489 e. The van der Waals surface area contributed by atoms with Gasteiger partial charge in [-0.3, -0.25) is 0 Å². The molecule has 1 aromatic rings. The van der Waals surface area contributed by atoms with Gasteiger partial charge < -0.3 is 14.3 Å². The molecule has 25 heavy (non-hydrogen) atoms. The number of halogens is 4. The van der Waals surface area contributed by atoms with Crippen molar-refractivity contribution in [3.8, 4) is 11.5 Å². The highest BCUT2D eigenvalue weighted by Crippen LogP contribution is 2.33. The lowest BCUT2D eigenvalue weighted by molar-refractivity contribution is 0.138. The Morgan fingerprint density at radius 1 is 1.16 bits per heavy atom. The van der Waals surface area contributed by atoms with E-state index in [0.717, 1.165) is 25.0 Å². The van der Waals surface area contributed by atoms with Gasteiger partial charge in [-0.25, -0.2) is 4.39 Å². The van der Waals surface area contributed by atoms with Crippen LogP contribution in [0.25, 0.3) is 0 Å². The maximum absolute atomic E-state index is 14.1. The highest BCUT2D eigenvalue weighted by atomic mass is 79.9. The molecule has 1 aromatic carbocycles. The van der Waals surface area contributed by atoms with E-state index in [-0.39, 0.29) is 16.8 Å². The molecule has 0 spiro atoms. The van der Waals surface area contributed by atoms with Gasteiger partial charge in [0.15, 0.2) is 11.6 Å². The van der Waals surface area contributed by atoms with Crippen LogP contribution < -0.4 is 9.47 Å². The molecule has 0 unspecified atom stereocenters. The van der Waals surface area contributed by atoms with Crippen molar-refractivity contribution in [3.63, 3.8) is 0 Å². The predicted octanol–water partition coefficient (Wildman–Crippen LogP) is 6.25. The Bertz CT molecular complexity index is 581. The van der Waals surface area contributed by atoms with Gasteiger partial charge in [0, 0.05) is 6.07 Å². The Hall–Kier alpha value is -0.980. The van der Waals surface area contributed by atoms with Crippen molar-refractivity contribution in [2.45, 2.75) is 33.1 Å². The number of rotatable bonds is 11. The quantitative estimate of drug-likeness (QED) is 0.224. The van der Waals surface area contributed by atoms with Crippen molar-refractivity contribution >= 4 is 44.8 Å². The van der Waals surface area contributed by atoms with Gasteiger partial charge in [0.05, 0.1) is 16.8 Å². The molecule has 0 N–H and O–H groups in total. The monoisotopic (exact) mass is 455 g/mol. The standard InChI is InChI=1S/C17H21BrCl2FNO3/c1-12(2)22-25-8-5-3-4-7-24-17-14(18)10-13(11-15(17)21)23-9-6-16(19)20/h6,10-11H,3-5,7-9H2,1-2H3. The van der Waals surface area contributed by atoms with Gasteiger partial charge in [-0.1, -0.05) is 28.4 Å². The van der Waals surface area contributed by atoms with Crippen molar-refractivity contribution < 1.29 is 18.7 Å². The zero-order valence-electron chi connectivity index (χ0n) is 14.2. The molecular formula is C17H21BrCl2FNO3. The first-order chi connectivity index (χ1) is 11.9. The molecular weight excluding hydrogens is 436 g/mol. The van der Waals surface area contributed by atoms with E-state index in [1.807, 2.05) is 13.8 Å². The van der Waals surface area contributed by atoms with Crippen molar-refractivity contribution in [1.82, 2.24) is 0 Å². The molecule has 0 atom stereocenters. The number of nitrogens with zero attached hydrogens (tertiary/aromatic N) is 1. The normalized spacial score (nSPS) is 10.2. The van der Waals surface area contributed by atoms with Gasteiger partial charge in [0.25, 0.3) is 0 Å². The Balaban J connectivity index is 2.36. The van der Waals surface area contributed by atoms with Gasteiger partial charge in [-0.15, -0.1) is 0 Å². The lowest BCUT2D eigenvalue weighted by Gasteiger charge is -2.11. The van der Waals surface area contributed by atoms with Crippen molar-refractivity contribution in [1.29, 1.82) is 0 Å². The number of oxime groups is 1. The van der Waals surface area contributed by atoms with Crippen LogP contribution in [0.5, 0.6) is 11.5 Å². The van der Waals surface area contributed by atoms with E-state index in [4.69, 9.17) is 37.5 Å². The second kappa shape index (κ2) is 12.4. The zero-order chi connectivity index (χ0) is 18.7. The zero-order valence-corrected chi connectivity index (χ0v) is 17.3. The van der Waals surface area contributed by atoms with Crippen LogP contribution in [0, 0.1) is 5.82 Å². The first-order valence-corrected chi connectivity index (χ1v) is 9.34. The third-order valence-electron chi connectivity index (χ3n) is 2.83. The van der Waals surface area contributed by atoms with E-state index in [9.17, 15) is 4.39 Å². The van der Waals surface area contributed by atoms with Crippen LogP contribution in [0.3, 0.4) is 0 Å². The number of ether oxygens (including phenoxy) is 2. The lowest BCUT2D eigenvalue weighted by Crippen LogP contribution is -2.02. The van der Waals surface area contributed by atoms with E-state index in [1.54, 1.807) is 6.07 Å². The molecule has 0 saturated heterocycles. The lowest BCUT2D eigenvalue weighted by atomic mass is 10.2. The van der Waals surface area contributed by atoms with Crippen LogP contribution in [0.15, 0.2) is 32.3 Å². The maximum atomic E-state index is 14.1. The Kier molecular flexibility index (Phi) is 10.9. The molecule has 0 amide bonds. The molecule has 1 rings (SSSR count). The smallest absolute Gasteiger partial charge is 0.169 e. The van der Waals surface area contributed by atoms with Gasteiger partial charge in [-0.05, 0) is 61.2 Å². The van der Waals surface area contributed by atoms with Crippen LogP contribution in [0.2, 0.25) is 0 Å². The third kappa shape index (κ3) is 9.92. The topological polar surface area (TPSA) is 40.0 Å². The van der Waals surface area contributed by atoms with E-state index in [2.05, 4.69) is 21.1 Å². The van der Waals surface area contributed by atoms with Crippen molar-refractivity contribution in [3.05, 3.63) is 33.0 Å². The van der Waals surface area contributed by atoms with Crippen LogP contribution in [-0.2, 0) is 4.84 Å². The molecule has 0 fully saturated rings. The maximum Gasteiger partial charge on any atom is 0.169 e. The fraction of sp³-hybridized carbons (Fsp3) is 0.471. The second-order valence-electron chi connectivity index (χ2n) is 5.30. The van der Waals surface area contributed by atoms with Gasteiger partial charge >= 0.3 is 0 Å². The molecule has 0 saturated carbocycles. The summed E-state index contributed by atoms with van der Waals surface area (Å²) in [5.41, 5.74) is 0.887.